The van der Waals surface area contributed by atoms with Gasteiger partial charge in [0.15, 0.2) is 0 Å². The molecule has 116 valence electrons. The van der Waals surface area contributed by atoms with Gasteiger partial charge in [-0.3, -0.25) is 9.69 Å². The molecule has 3 atom stereocenters. The Labute approximate surface area is 126 Å². The lowest BCUT2D eigenvalue weighted by Crippen LogP contribution is -2.51. The molecule has 2 rings (SSSR count). The summed E-state index contributed by atoms with van der Waals surface area (Å²) in [7, 11) is 1.91. The van der Waals surface area contributed by atoms with Crippen LogP contribution in [0.15, 0.2) is 24.3 Å². The minimum Gasteiger partial charge on any atom is -0.399 e. The largest absolute Gasteiger partial charge is 0.399 e. The van der Waals surface area contributed by atoms with Crippen LogP contribution in [0.5, 0.6) is 0 Å². The van der Waals surface area contributed by atoms with Crippen LogP contribution in [0, 0.1) is 0 Å². The summed E-state index contributed by atoms with van der Waals surface area (Å²) in [5, 5.41) is 13.0. The van der Waals surface area contributed by atoms with Gasteiger partial charge in [0.25, 0.3) is 0 Å². The highest BCUT2D eigenvalue weighted by Crippen LogP contribution is 2.24. The molecule has 0 heterocycles. The summed E-state index contributed by atoms with van der Waals surface area (Å²) in [5.74, 6) is -0.0825. The Kier molecular flexibility index (Phi) is 5.20. The first kappa shape index (κ1) is 15.8. The number of carbonyl (C=O) groups excluding carboxylic acids is 1. The van der Waals surface area contributed by atoms with Crippen molar-refractivity contribution in [2.24, 2.45) is 0 Å². The fraction of sp³-hybridized carbons (Fsp3) is 0.562. The van der Waals surface area contributed by atoms with Gasteiger partial charge in [-0.15, -0.1) is 0 Å². The second-order valence-electron chi connectivity index (χ2n) is 5.88. The van der Waals surface area contributed by atoms with Crippen LogP contribution in [-0.4, -0.2) is 41.1 Å². The minimum absolute atomic E-state index is 0.0559. The lowest BCUT2D eigenvalue weighted by molar-refractivity contribution is -0.122. The fourth-order valence-electron chi connectivity index (χ4n) is 2.90. The number of anilines is 2. The number of hydrogen-bond donors (Lipinski definition) is 3. The molecule has 5 nitrogen and oxygen atoms in total. The summed E-state index contributed by atoms with van der Waals surface area (Å²) >= 11 is 0. The van der Waals surface area contributed by atoms with E-state index in [0.29, 0.717) is 11.4 Å². The molecule has 1 aromatic carbocycles. The Bertz CT molecular complexity index is 492. The van der Waals surface area contributed by atoms with Gasteiger partial charge in [-0.05, 0) is 45.0 Å². The molecule has 0 aromatic heterocycles. The minimum atomic E-state index is -0.341. The van der Waals surface area contributed by atoms with E-state index in [-0.39, 0.29) is 24.1 Å². The first-order valence-corrected chi connectivity index (χ1v) is 7.55. The zero-order valence-corrected chi connectivity index (χ0v) is 12.7. The number of rotatable bonds is 4. The van der Waals surface area contributed by atoms with E-state index in [0.717, 1.165) is 25.7 Å². The number of nitrogens with one attached hydrogen (secondary N) is 1. The number of amides is 1. The number of nitrogens with two attached hydrogens (primary N) is 1. The number of likely N-dealkylation sites (N-methyl/N-ethyl adjacent to an activating group) is 1. The summed E-state index contributed by atoms with van der Waals surface area (Å²) in [4.78, 5) is 14.3. The third-order valence-electron chi connectivity index (χ3n) is 4.36. The second kappa shape index (κ2) is 6.91. The highest BCUT2D eigenvalue weighted by atomic mass is 16.3. The predicted molar refractivity (Wildman–Crippen MR) is 85.0 cm³/mol. The molecule has 5 heteroatoms. The zero-order valence-electron chi connectivity index (χ0n) is 12.7. The van der Waals surface area contributed by atoms with E-state index < -0.39 is 0 Å². The molecule has 0 saturated heterocycles. The molecule has 1 aliphatic rings. The van der Waals surface area contributed by atoms with Gasteiger partial charge in [0.2, 0.25) is 5.91 Å². The molecule has 0 radical (unpaired) electrons. The Morgan fingerprint density at radius 2 is 2.14 bits per heavy atom. The first-order valence-electron chi connectivity index (χ1n) is 7.55. The van der Waals surface area contributed by atoms with Crippen LogP contribution in [0.4, 0.5) is 11.4 Å². The lowest BCUT2D eigenvalue weighted by atomic mass is 9.91. The number of nitrogen functional groups attached to an aromatic ring is 1. The Hall–Kier alpha value is -1.59. The van der Waals surface area contributed by atoms with E-state index in [9.17, 15) is 9.90 Å². The molecule has 0 bridgehead atoms. The summed E-state index contributed by atoms with van der Waals surface area (Å²) in [6.07, 6.45) is 3.59. The molecule has 1 aliphatic carbocycles. The van der Waals surface area contributed by atoms with Gasteiger partial charge < -0.3 is 16.2 Å². The fourth-order valence-corrected chi connectivity index (χ4v) is 2.90. The lowest BCUT2D eigenvalue weighted by Gasteiger charge is -2.38. The van der Waals surface area contributed by atoms with Crippen molar-refractivity contribution in [1.29, 1.82) is 0 Å². The molecule has 1 aromatic rings. The number of aliphatic hydroxyl groups excluding tert-OH is 1. The van der Waals surface area contributed by atoms with E-state index in [4.69, 9.17) is 5.73 Å². The van der Waals surface area contributed by atoms with Crippen molar-refractivity contribution in [3.8, 4) is 0 Å². The van der Waals surface area contributed by atoms with Gasteiger partial charge in [-0.25, -0.2) is 0 Å². The summed E-state index contributed by atoms with van der Waals surface area (Å²) in [5.41, 5.74) is 7.03. The zero-order chi connectivity index (χ0) is 15.4. The molecule has 1 fully saturated rings. The van der Waals surface area contributed by atoms with Crippen LogP contribution in [0.25, 0.3) is 0 Å². The highest BCUT2D eigenvalue weighted by molar-refractivity contribution is 5.94. The first-order chi connectivity index (χ1) is 9.99. The smallest absolute Gasteiger partial charge is 0.241 e. The molecule has 1 amide bonds. The number of aliphatic hydroxyl groups is 1. The SMILES string of the molecule is CC(C(=O)Nc1cccc(N)c1)N(C)C1CCCCC1O. The van der Waals surface area contributed by atoms with Crippen molar-refractivity contribution in [3.63, 3.8) is 0 Å². The van der Waals surface area contributed by atoms with Gasteiger partial charge >= 0.3 is 0 Å². The number of nitrogens with zero attached hydrogens (tertiary/aromatic N) is 1. The summed E-state index contributed by atoms with van der Waals surface area (Å²) < 4.78 is 0. The van der Waals surface area contributed by atoms with E-state index in [1.54, 1.807) is 12.1 Å². The normalized spacial score (nSPS) is 23.8. The van der Waals surface area contributed by atoms with Crippen LogP contribution in [0.2, 0.25) is 0 Å². The van der Waals surface area contributed by atoms with Crippen LogP contribution >= 0.6 is 0 Å². The van der Waals surface area contributed by atoms with Crippen molar-refractivity contribution in [1.82, 2.24) is 4.90 Å². The average molecular weight is 291 g/mol. The topological polar surface area (TPSA) is 78.6 Å². The number of hydrogen-bond acceptors (Lipinski definition) is 4. The van der Waals surface area contributed by atoms with Gasteiger partial charge in [0, 0.05) is 17.4 Å². The van der Waals surface area contributed by atoms with Gasteiger partial charge in [0.05, 0.1) is 12.1 Å². The highest BCUT2D eigenvalue weighted by Gasteiger charge is 2.31. The van der Waals surface area contributed by atoms with E-state index in [1.807, 2.05) is 31.0 Å². The number of carbonyl (C=O) groups is 1. The van der Waals surface area contributed by atoms with Crippen molar-refractivity contribution < 1.29 is 9.90 Å². The maximum Gasteiger partial charge on any atom is 0.241 e. The van der Waals surface area contributed by atoms with Crippen LogP contribution in [0.3, 0.4) is 0 Å². The standard InChI is InChI=1S/C16H25N3O2/c1-11(19(2)14-8-3-4-9-15(14)20)16(21)18-13-7-5-6-12(17)10-13/h5-7,10-11,14-15,20H,3-4,8-9,17H2,1-2H3,(H,18,21). The Morgan fingerprint density at radius 3 is 2.81 bits per heavy atom. The van der Waals surface area contributed by atoms with Crippen LogP contribution in [0.1, 0.15) is 32.6 Å². The second-order valence-corrected chi connectivity index (χ2v) is 5.88. The van der Waals surface area contributed by atoms with Crippen LogP contribution in [-0.2, 0) is 4.79 Å². The van der Waals surface area contributed by atoms with Crippen molar-refractivity contribution in [3.05, 3.63) is 24.3 Å². The van der Waals surface area contributed by atoms with E-state index in [1.165, 1.54) is 0 Å². The molecule has 0 spiro atoms. The average Bonchev–Trinajstić information content (AvgIpc) is 2.46. The molecule has 4 N–H and O–H groups in total. The third-order valence-corrected chi connectivity index (χ3v) is 4.36. The summed E-state index contributed by atoms with van der Waals surface area (Å²) in [6.45, 7) is 1.86. The Morgan fingerprint density at radius 1 is 1.43 bits per heavy atom. The maximum absolute atomic E-state index is 12.3. The quantitative estimate of drug-likeness (QED) is 0.740. The predicted octanol–water partition coefficient (Wildman–Crippen LogP) is 1.83. The van der Waals surface area contributed by atoms with E-state index >= 15 is 0 Å². The van der Waals surface area contributed by atoms with Crippen LogP contribution < -0.4 is 11.1 Å². The molecular weight excluding hydrogens is 266 g/mol. The van der Waals surface area contributed by atoms with E-state index in [2.05, 4.69) is 5.32 Å². The third kappa shape index (κ3) is 3.95. The molecular formula is C16H25N3O2. The summed E-state index contributed by atoms with van der Waals surface area (Å²) in [6, 6.07) is 6.90. The van der Waals surface area contributed by atoms with Crippen molar-refractivity contribution >= 4 is 17.3 Å². The van der Waals surface area contributed by atoms with Crippen molar-refractivity contribution in [2.75, 3.05) is 18.1 Å². The van der Waals surface area contributed by atoms with Gasteiger partial charge in [-0.2, -0.15) is 0 Å². The molecule has 21 heavy (non-hydrogen) atoms. The Balaban J connectivity index is 1.98. The maximum atomic E-state index is 12.3. The monoisotopic (exact) mass is 291 g/mol. The number of benzene rings is 1. The van der Waals surface area contributed by atoms with Gasteiger partial charge in [-0.1, -0.05) is 18.9 Å². The molecule has 3 unspecified atom stereocenters. The molecule has 0 aliphatic heterocycles. The molecule has 1 saturated carbocycles. The van der Waals surface area contributed by atoms with Gasteiger partial charge in [0.1, 0.15) is 0 Å². The van der Waals surface area contributed by atoms with Crippen molar-refractivity contribution in [2.45, 2.75) is 50.8 Å².